The van der Waals surface area contributed by atoms with Crippen molar-refractivity contribution in [2.45, 2.75) is 0 Å². The molecule has 0 aromatic heterocycles. The molecule has 0 bridgehead atoms. The van der Waals surface area contributed by atoms with E-state index in [1.165, 1.54) is 6.21 Å². The van der Waals surface area contributed by atoms with Crippen LogP contribution in [-0.4, -0.2) is 24.6 Å². The lowest BCUT2D eigenvalue weighted by atomic mass is 10.2. The molecule has 0 unspecified atom stereocenters. The summed E-state index contributed by atoms with van der Waals surface area (Å²) in [5, 5.41) is 7.16. The van der Waals surface area contributed by atoms with Gasteiger partial charge in [-0.05, 0) is 46.9 Å². The molecule has 0 saturated heterocycles. The largest absolute Gasteiger partial charge is 0.343 e. The monoisotopic (exact) mass is 475 g/mol. The molecule has 8 heteroatoms. The molecule has 2 aromatic carbocycles. The van der Waals surface area contributed by atoms with E-state index >= 15 is 0 Å². The van der Waals surface area contributed by atoms with E-state index in [0.29, 0.717) is 21.2 Å². The number of nitrogens with one attached hydrogen (secondary N) is 2. The van der Waals surface area contributed by atoms with E-state index < -0.39 is 5.91 Å². The Morgan fingerprint density at radius 1 is 1.08 bits per heavy atom. The highest BCUT2D eigenvalue weighted by molar-refractivity contribution is 14.1. The summed E-state index contributed by atoms with van der Waals surface area (Å²) in [5.74, 6) is -0.790. The van der Waals surface area contributed by atoms with Crippen molar-refractivity contribution in [2.75, 3.05) is 6.54 Å². The second-order valence-corrected chi connectivity index (χ2v) is 6.57. The molecule has 0 atom stereocenters. The van der Waals surface area contributed by atoms with E-state index in [0.717, 1.165) is 3.57 Å². The Labute approximate surface area is 162 Å². The normalized spacial score (nSPS) is 10.6. The quantitative estimate of drug-likeness (QED) is 0.395. The first-order chi connectivity index (χ1) is 11.5. The summed E-state index contributed by atoms with van der Waals surface area (Å²) >= 11 is 14.0. The average molecular weight is 476 g/mol. The lowest BCUT2D eigenvalue weighted by Gasteiger charge is -2.06. The molecule has 0 radical (unpaired) electrons. The van der Waals surface area contributed by atoms with Crippen LogP contribution >= 0.6 is 45.8 Å². The Kier molecular flexibility index (Phi) is 7.01. The van der Waals surface area contributed by atoms with Crippen LogP contribution in [0.3, 0.4) is 0 Å². The van der Waals surface area contributed by atoms with Gasteiger partial charge in [-0.1, -0.05) is 41.4 Å². The van der Waals surface area contributed by atoms with Crippen molar-refractivity contribution in [2.24, 2.45) is 5.10 Å². The number of hydrazone groups is 1. The molecule has 0 aliphatic carbocycles. The van der Waals surface area contributed by atoms with Crippen LogP contribution in [0.5, 0.6) is 0 Å². The van der Waals surface area contributed by atoms with E-state index in [4.69, 9.17) is 23.2 Å². The Hall–Kier alpha value is -1.64. The van der Waals surface area contributed by atoms with Gasteiger partial charge in [0.2, 0.25) is 0 Å². The third kappa shape index (κ3) is 5.19. The van der Waals surface area contributed by atoms with Gasteiger partial charge in [-0.3, -0.25) is 9.59 Å². The van der Waals surface area contributed by atoms with Gasteiger partial charge in [0, 0.05) is 9.13 Å². The van der Waals surface area contributed by atoms with Gasteiger partial charge >= 0.3 is 0 Å². The number of rotatable bonds is 5. The smallest absolute Gasteiger partial charge is 0.259 e. The Morgan fingerprint density at radius 2 is 1.75 bits per heavy atom. The fourth-order valence-electron chi connectivity index (χ4n) is 1.74. The van der Waals surface area contributed by atoms with Crippen molar-refractivity contribution < 1.29 is 9.59 Å². The molecule has 0 aliphatic heterocycles. The summed E-state index contributed by atoms with van der Waals surface area (Å²) in [4.78, 5) is 23.7. The first kappa shape index (κ1) is 18.7. The second kappa shape index (κ2) is 9.00. The third-order valence-corrected chi connectivity index (χ3v) is 4.51. The standard InChI is InChI=1S/C16H12Cl2IN3O2/c17-12-5-3-6-13(18)11(12)8-21-22-15(23)9-20-16(24)10-4-1-2-7-14(10)19/h1-8H,9H2,(H,20,24)(H,22,23). The molecule has 2 rings (SSSR count). The van der Waals surface area contributed by atoms with Crippen LogP contribution in [0.4, 0.5) is 0 Å². The van der Waals surface area contributed by atoms with Crippen LogP contribution in [0.2, 0.25) is 10.0 Å². The van der Waals surface area contributed by atoms with Crippen molar-refractivity contribution in [1.82, 2.24) is 10.7 Å². The van der Waals surface area contributed by atoms with Gasteiger partial charge in [0.25, 0.3) is 11.8 Å². The summed E-state index contributed by atoms with van der Waals surface area (Å²) in [6.45, 7) is -0.197. The van der Waals surface area contributed by atoms with Crippen LogP contribution in [0.15, 0.2) is 47.6 Å². The third-order valence-electron chi connectivity index (χ3n) is 2.91. The van der Waals surface area contributed by atoms with E-state index in [2.05, 4.69) is 38.4 Å². The first-order valence-corrected chi connectivity index (χ1v) is 8.61. The minimum absolute atomic E-state index is 0.197. The van der Waals surface area contributed by atoms with E-state index in [1.54, 1.807) is 30.3 Å². The molecule has 124 valence electrons. The molecule has 24 heavy (non-hydrogen) atoms. The van der Waals surface area contributed by atoms with Crippen molar-refractivity contribution in [1.29, 1.82) is 0 Å². The predicted octanol–water partition coefficient (Wildman–Crippen LogP) is 3.48. The summed E-state index contributed by atoms with van der Waals surface area (Å²) in [6, 6.07) is 12.1. The molecular weight excluding hydrogens is 464 g/mol. The van der Waals surface area contributed by atoms with Gasteiger partial charge in [0.1, 0.15) is 0 Å². The molecule has 5 nitrogen and oxygen atoms in total. The molecule has 0 fully saturated rings. The van der Waals surface area contributed by atoms with Gasteiger partial charge in [-0.25, -0.2) is 5.43 Å². The van der Waals surface area contributed by atoms with Crippen molar-refractivity contribution in [3.63, 3.8) is 0 Å². The van der Waals surface area contributed by atoms with Crippen molar-refractivity contribution in [3.05, 3.63) is 67.2 Å². The Morgan fingerprint density at radius 3 is 2.42 bits per heavy atom. The zero-order valence-electron chi connectivity index (χ0n) is 12.2. The number of amides is 2. The number of nitrogens with zero attached hydrogens (tertiary/aromatic N) is 1. The summed E-state index contributed by atoms with van der Waals surface area (Å²) < 4.78 is 0.805. The van der Waals surface area contributed by atoms with Crippen molar-refractivity contribution in [3.8, 4) is 0 Å². The Bertz CT molecular complexity index is 776. The number of hydrogen-bond acceptors (Lipinski definition) is 3. The van der Waals surface area contributed by atoms with Crippen LogP contribution in [-0.2, 0) is 4.79 Å². The number of halogens is 3. The highest BCUT2D eigenvalue weighted by atomic mass is 127. The van der Waals surface area contributed by atoms with Gasteiger partial charge < -0.3 is 5.32 Å². The first-order valence-electron chi connectivity index (χ1n) is 6.77. The number of hydrogen-bond donors (Lipinski definition) is 2. The van der Waals surface area contributed by atoms with E-state index in [9.17, 15) is 9.59 Å². The van der Waals surface area contributed by atoms with E-state index in [-0.39, 0.29) is 12.5 Å². The number of carbonyl (C=O) groups excluding carboxylic acids is 2. The minimum Gasteiger partial charge on any atom is -0.343 e. The van der Waals surface area contributed by atoms with Gasteiger partial charge in [0.15, 0.2) is 0 Å². The number of carbonyl (C=O) groups is 2. The van der Waals surface area contributed by atoms with Gasteiger partial charge in [0.05, 0.1) is 28.4 Å². The van der Waals surface area contributed by atoms with Crippen molar-refractivity contribution >= 4 is 63.8 Å². The molecule has 2 N–H and O–H groups in total. The topological polar surface area (TPSA) is 70.6 Å². The minimum atomic E-state index is -0.464. The van der Waals surface area contributed by atoms with Crippen LogP contribution < -0.4 is 10.7 Å². The molecule has 2 amide bonds. The molecule has 2 aromatic rings. The zero-order chi connectivity index (χ0) is 17.5. The highest BCUT2D eigenvalue weighted by Gasteiger charge is 2.10. The SMILES string of the molecule is O=C(CNC(=O)c1ccccc1I)NN=Cc1c(Cl)cccc1Cl. The number of benzene rings is 2. The predicted molar refractivity (Wildman–Crippen MR) is 104 cm³/mol. The Balaban J connectivity index is 1.87. The van der Waals surface area contributed by atoms with E-state index in [1.807, 2.05) is 12.1 Å². The molecule has 0 aliphatic rings. The molecule has 0 spiro atoms. The maximum absolute atomic E-state index is 12.0. The molecule has 0 heterocycles. The zero-order valence-corrected chi connectivity index (χ0v) is 15.9. The van der Waals surface area contributed by atoms with Crippen LogP contribution in [0.1, 0.15) is 15.9 Å². The van der Waals surface area contributed by atoms with Gasteiger partial charge in [-0.15, -0.1) is 0 Å². The van der Waals surface area contributed by atoms with Crippen LogP contribution in [0.25, 0.3) is 0 Å². The lowest BCUT2D eigenvalue weighted by molar-refractivity contribution is -0.120. The average Bonchev–Trinajstić information content (AvgIpc) is 2.56. The van der Waals surface area contributed by atoms with Gasteiger partial charge in [-0.2, -0.15) is 5.10 Å². The van der Waals surface area contributed by atoms with Crippen LogP contribution in [0, 0.1) is 3.57 Å². The second-order valence-electron chi connectivity index (χ2n) is 4.59. The summed E-state index contributed by atoms with van der Waals surface area (Å²) in [5.41, 5.74) is 3.32. The fourth-order valence-corrected chi connectivity index (χ4v) is 2.87. The maximum atomic E-state index is 12.0. The summed E-state index contributed by atoms with van der Waals surface area (Å²) in [6.07, 6.45) is 1.35. The lowest BCUT2D eigenvalue weighted by Crippen LogP contribution is -2.35. The molecule has 0 saturated carbocycles. The maximum Gasteiger partial charge on any atom is 0.259 e. The summed E-state index contributed by atoms with van der Waals surface area (Å²) in [7, 11) is 0. The fraction of sp³-hybridized carbons (Fsp3) is 0.0625. The highest BCUT2D eigenvalue weighted by Crippen LogP contribution is 2.21. The molecular formula is C16H12Cl2IN3O2.